The third-order valence-corrected chi connectivity index (χ3v) is 6.16. The number of nitrogens with zero attached hydrogens (tertiary/aromatic N) is 2. The first kappa shape index (κ1) is 16.8. The van der Waals surface area contributed by atoms with Crippen molar-refractivity contribution in [1.29, 1.82) is 0 Å². The Morgan fingerprint density at radius 3 is 2.83 bits per heavy atom. The third-order valence-electron chi connectivity index (χ3n) is 5.07. The Hall–Kier alpha value is -1.000. The largest absolute Gasteiger partial charge is 0.337 e. The molecule has 126 valence electrons. The molecule has 2 heterocycles. The van der Waals surface area contributed by atoms with E-state index in [9.17, 15) is 4.79 Å². The molecule has 1 aromatic carbocycles. The molecular weight excluding hydrogens is 304 g/mol. The van der Waals surface area contributed by atoms with Crippen molar-refractivity contribution in [2.24, 2.45) is 5.92 Å². The van der Waals surface area contributed by atoms with Crippen LogP contribution in [0, 0.1) is 12.8 Å². The lowest BCUT2D eigenvalue weighted by Crippen LogP contribution is -2.38. The van der Waals surface area contributed by atoms with Crippen molar-refractivity contribution < 1.29 is 4.79 Å². The molecule has 0 saturated carbocycles. The van der Waals surface area contributed by atoms with Gasteiger partial charge in [0.05, 0.1) is 0 Å². The number of hydrogen-bond acceptors (Lipinski definition) is 3. The minimum absolute atomic E-state index is 0.318. The Bertz CT molecular complexity index is 552. The zero-order valence-electron chi connectivity index (χ0n) is 14.4. The molecule has 1 saturated heterocycles. The van der Waals surface area contributed by atoms with Crippen LogP contribution in [0.5, 0.6) is 0 Å². The highest BCUT2D eigenvalue weighted by Gasteiger charge is 2.21. The molecular formula is C19H28N2OS. The number of benzene rings is 1. The minimum Gasteiger partial charge on any atom is -0.337 e. The molecule has 0 aromatic heterocycles. The first-order chi connectivity index (χ1) is 11.1. The Morgan fingerprint density at radius 1 is 1.26 bits per heavy atom. The van der Waals surface area contributed by atoms with Crippen LogP contribution < -0.4 is 0 Å². The molecule has 4 heteroatoms. The van der Waals surface area contributed by atoms with Gasteiger partial charge in [-0.1, -0.05) is 24.6 Å². The number of amides is 1. The summed E-state index contributed by atoms with van der Waals surface area (Å²) in [4.78, 5) is 18.5. The number of fused-ring (bicyclic) bond motifs is 1. The molecule has 0 aliphatic carbocycles. The fourth-order valence-electron chi connectivity index (χ4n) is 3.43. The summed E-state index contributed by atoms with van der Waals surface area (Å²) in [6.45, 7) is 9.35. The molecule has 2 aliphatic rings. The van der Waals surface area contributed by atoms with Gasteiger partial charge in [-0.05, 0) is 50.4 Å². The summed E-state index contributed by atoms with van der Waals surface area (Å²) in [6.07, 6.45) is 3.22. The molecule has 0 spiro atoms. The van der Waals surface area contributed by atoms with Gasteiger partial charge in [-0.25, -0.2) is 0 Å². The SMILES string of the molecule is Cc1ccc2c(c1)CN(C(=O)CCN1CCC(C)CC1)CCS2. The molecule has 0 atom stereocenters. The summed E-state index contributed by atoms with van der Waals surface area (Å²) in [5.74, 6) is 2.17. The van der Waals surface area contributed by atoms with Crippen molar-refractivity contribution in [3.63, 3.8) is 0 Å². The number of piperidine rings is 1. The maximum Gasteiger partial charge on any atom is 0.224 e. The molecule has 0 N–H and O–H groups in total. The zero-order valence-corrected chi connectivity index (χ0v) is 15.2. The summed E-state index contributed by atoms with van der Waals surface area (Å²) < 4.78 is 0. The lowest BCUT2D eigenvalue weighted by atomic mass is 9.99. The van der Waals surface area contributed by atoms with Gasteiger partial charge in [0, 0.05) is 36.7 Å². The van der Waals surface area contributed by atoms with E-state index in [-0.39, 0.29) is 0 Å². The molecule has 3 rings (SSSR count). The number of aryl methyl sites for hydroxylation is 1. The second-order valence-electron chi connectivity index (χ2n) is 7.05. The highest BCUT2D eigenvalue weighted by molar-refractivity contribution is 7.99. The average molecular weight is 333 g/mol. The van der Waals surface area contributed by atoms with Crippen molar-refractivity contribution in [3.8, 4) is 0 Å². The van der Waals surface area contributed by atoms with Crippen LogP contribution in [-0.4, -0.2) is 47.6 Å². The third kappa shape index (κ3) is 4.51. The molecule has 1 aromatic rings. The standard InChI is InChI=1S/C19H28N2OS/c1-15-5-8-20(9-6-15)10-7-19(22)21-11-12-23-18-4-3-16(2)13-17(18)14-21/h3-4,13,15H,5-12,14H2,1-2H3. The van der Waals surface area contributed by atoms with Gasteiger partial charge in [-0.3, -0.25) is 4.79 Å². The second-order valence-corrected chi connectivity index (χ2v) is 8.19. The summed E-state index contributed by atoms with van der Waals surface area (Å²) in [6, 6.07) is 6.61. The Balaban J connectivity index is 1.55. The van der Waals surface area contributed by atoms with Gasteiger partial charge in [-0.15, -0.1) is 11.8 Å². The number of hydrogen-bond donors (Lipinski definition) is 0. The van der Waals surface area contributed by atoms with Gasteiger partial charge in [-0.2, -0.15) is 0 Å². The highest BCUT2D eigenvalue weighted by Crippen LogP contribution is 2.28. The summed E-state index contributed by atoms with van der Waals surface area (Å²) in [7, 11) is 0. The number of thioether (sulfide) groups is 1. The van der Waals surface area contributed by atoms with E-state index in [0.29, 0.717) is 12.3 Å². The zero-order chi connectivity index (χ0) is 16.2. The van der Waals surface area contributed by atoms with E-state index >= 15 is 0 Å². The second kappa shape index (κ2) is 7.71. The fraction of sp³-hybridized carbons (Fsp3) is 0.632. The normalized spacial score (nSPS) is 20.2. The number of carbonyl (C=O) groups excluding carboxylic acids is 1. The van der Waals surface area contributed by atoms with E-state index in [2.05, 4.69) is 41.8 Å². The number of rotatable bonds is 3. The first-order valence-corrected chi connectivity index (χ1v) is 9.83. The first-order valence-electron chi connectivity index (χ1n) is 8.84. The van der Waals surface area contributed by atoms with Crippen molar-refractivity contribution in [3.05, 3.63) is 29.3 Å². The molecule has 3 nitrogen and oxygen atoms in total. The van der Waals surface area contributed by atoms with Crippen LogP contribution in [0.4, 0.5) is 0 Å². The van der Waals surface area contributed by atoms with Crippen LogP contribution >= 0.6 is 11.8 Å². The van der Waals surface area contributed by atoms with Gasteiger partial charge in [0.25, 0.3) is 0 Å². The van der Waals surface area contributed by atoms with E-state index in [1.54, 1.807) is 0 Å². The number of likely N-dealkylation sites (tertiary alicyclic amines) is 1. The topological polar surface area (TPSA) is 23.6 Å². The minimum atomic E-state index is 0.318. The average Bonchev–Trinajstić information content (AvgIpc) is 2.76. The van der Waals surface area contributed by atoms with Gasteiger partial charge in [0.2, 0.25) is 5.91 Å². The lowest BCUT2D eigenvalue weighted by Gasteiger charge is -2.30. The highest BCUT2D eigenvalue weighted by atomic mass is 32.2. The van der Waals surface area contributed by atoms with Crippen molar-refractivity contribution in [1.82, 2.24) is 9.80 Å². The van der Waals surface area contributed by atoms with Crippen LogP contribution in [0.2, 0.25) is 0 Å². The molecule has 0 radical (unpaired) electrons. The molecule has 0 unspecified atom stereocenters. The van der Waals surface area contributed by atoms with Crippen LogP contribution in [0.3, 0.4) is 0 Å². The molecule has 1 fully saturated rings. The smallest absolute Gasteiger partial charge is 0.224 e. The van der Waals surface area contributed by atoms with Crippen LogP contribution in [-0.2, 0) is 11.3 Å². The van der Waals surface area contributed by atoms with Gasteiger partial charge >= 0.3 is 0 Å². The summed E-state index contributed by atoms with van der Waals surface area (Å²) >= 11 is 1.88. The quantitative estimate of drug-likeness (QED) is 0.846. The Labute approximate surface area is 144 Å². The number of carbonyl (C=O) groups is 1. The van der Waals surface area contributed by atoms with Crippen molar-refractivity contribution in [2.75, 3.05) is 31.9 Å². The maximum atomic E-state index is 12.6. The predicted molar refractivity (Wildman–Crippen MR) is 96.8 cm³/mol. The molecule has 0 bridgehead atoms. The van der Waals surface area contributed by atoms with E-state index in [1.807, 2.05) is 11.8 Å². The molecule has 1 amide bonds. The van der Waals surface area contributed by atoms with Crippen LogP contribution in [0.1, 0.15) is 37.3 Å². The molecule has 23 heavy (non-hydrogen) atoms. The van der Waals surface area contributed by atoms with Crippen LogP contribution in [0.15, 0.2) is 23.1 Å². The van der Waals surface area contributed by atoms with Crippen LogP contribution in [0.25, 0.3) is 0 Å². The fourth-order valence-corrected chi connectivity index (χ4v) is 4.44. The van der Waals surface area contributed by atoms with E-state index in [4.69, 9.17) is 0 Å². The molecule has 2 aliphatic heterocycles. The van der Waals surface area contributed by atoms with E-state index in [0.717, 1.165) is 44.4 Å². The van der Waals surface area contributed by atoms with Gasteiger partial charge in [0.15, 0.2) is 0 Å². The summed E-state index contributed by atoms with van der Waals surface area (Å²) in [5, 5.41) is 0. The van der Waals surface area contributed by atoms with Gasteiger partial charge < -0.3 is 9.80 Å². The summed E-state index contributed by atoms with van der Waals surface area (Å²) in [5.41, 5.74) is 2.59. The van der Waals surface area contributed by atoms with Crippen molar-refractivity contribution >= 4 is 17.7 Å². The lowest BCUT2D eigenvalue weighted by molar-refractivity contribution is -0.132. The van der Waals surface area contributed by atoms with Gasteiger partial charge in [0.1, 0.15) is 0 Å². The van der Waals surface area contributed by atoms with E-state index in [1.165, 1.54) is 28.9 Å². The van der Waals surface area contributed by atoms with E-state index < -0.39 is 0 Å². The monoisotopic (exact) mass is 332 g/mol. The predicted octanol–water partition coefficient (Wildman–Crippen LogP) is 3.55. The Kier molecular flexibility index (Phi) is 5.65. The Morgan fingerprint density at radius 2 is 2.04 bits per heavy atom. The maximum absolute atomic E-state index is 12.6. The van der Waals surface area contributed by atoms with Crippen molar-refractivity contribution in [2.45, 2.75) is 44.6 Å².